The van der Waals surface area contributed by atoms with Crippen LogP contribution in [0, 0.1) is 33.5 Å². The molecular formula is C18H19FO2. The van der Waals surface area contributed by atoms with Crippen molar-refractivity contribution in [3.05, 3.63) is 63.5 Å². The van der Waals surface area contributed by atoms with E-state index in [1.165, 1.54) is 19.2 Å². The van der Waals surface area contributed by atoms with E-state index in [-0.39, 0.29) is 11.3 Å². The lowest BCUT2D eigenvalue weighted by atomic mass is 9.89. The van der Waals surface area contributed by atoms with Gasteiger partial charge >= 0.3 is 0 Å². The number of aryl methyl sites for hydroxylation is 2. The SMILES string of the molecule is COc1ccc(C(=O)c2c(C)c(C)cc(C)c2C)c(F)c1. The van der Waals surface area contributed by atoms with Crippen LogP contribution in [0.1, 0.15) is 38.2 Å². The number of halogens is 1. The Morgan fingerprint density at radius 2 is 1.57 bits per heavy atom. The smallest absolute Gasteiger partial charge is 0.196 e. The predicted molar refractivity (Wildman–Crippen MR) is 81.8 cm³/mol. The summed E-state index contributed by atoms with van der Waals surface area (Å²) in [4.78, 5) is 12.7. The number of ketones is 1. The number of carbonyl (C=O) groups is 1. The minimum atomic E-state index is -0.558. The highest BCUT2D eigenvalue weighted by atomic mass is 19.1. The third kappa shape index (κ3) is 2.68. The van der Waals surface area contributed by atoms with E-state index in [0.29, 0.717) is 11.3 Å². The molecule has 0 amide bonds. The molecule has 0 aromatic heterocycles. The molecule has 2 rings (SSSR count). The minimum Gasteiger partial charge on any atom is -0.497 e. The molecule has 0 atom stereocenters. The highest BCUT2D eigenvalue weighted by Crippen LogP contribution is 2.26. The molecule has 2 nitrogen and oxygen atoms in total. The van der Waals surface area contributed by atoms with E-state index in [0.717, 1.165) is 22.3 Å². The molecule has 0 N–H and O–H groups in total. The Morgan fingerprint density at radius 1 is 1.00 bits per heavy atom. The number of ether oxygens (including phenoxy) is 1. The van der Waals surface area contributed by atoms with E-state index in [2.05, 4.69) is 0 Å². The van der Waals surface area contributed by atoms with Crippen LogP contribution in [0.2, 0.25) is 0 Å². The molecule has 0 unspecified atom stereocenters. The van der Waals surface area contributed by atoms with Gasteiger partial charge in [-0.15, -0.1) is 0 Å². The zero-order chi connectivity index (χ0) is 15.7. The van der Waals surface area contributed by atoms with Crippen LogP contribution < -0.4 is 4.74 Å². The molecule has 110 valence electrons. The van der Waals surface area contributed by atoms with E-state index in [1.807, 2.05) is 33.8 Å². The number of rotatable bonds is 3. The van der Waals surface area contributed by atoms with Crippen molar-refractivity contribution in [2.75, 3.05) is 7.11 Å². The quantitative estimate of drug-likeness (QED) is 0.786. The molecule has 0 aliphatic carbocycles. The number of benzene rings is 2. The molecule has 0 radical (unpaired) electrons. The molecule has 0 aliphatic rings. The Bertz CT molecular complexity index is 691. The lowest BCUT2D eigenvalue weighted by molar-refractivity contribution is 0.103. The van der Waals surface area contributed by atoms with Crippen molar-refractivity contribution in [2.24, 2.45) is 0 Å². The Labute approximate surface area is 124 Å². The first-order valence-electron chi connectivity index (χ1n) is 6.82. The second kappa shape index (κ2) is 5.68. The van der Waals surface area contributed by atoms with E-state index in [4.69, 9.17) is 4.74 Å². The first kappa shape index (κ1) is 15.2. The molecule has 0 saturated heterocycles. The molecule has 0 fully saturated rings. The number of hydrogen-bond acceptors (Lipinski definition) is 2. The summed E-state index contributed by atoms with van der Waals surface area (Å²) in [5.41, 5.74) is 4.55. The topological polar surface area (TPSA) is 26.3 Å². The standard InChI is InChI=1S/C18H19FO2/c1-10-8-11(2)13(4)17(12(10)3)18(20)15-7-6-14(21-5)9-16(15)19/h6-9H,1-5H3. The lowest BCUT2D eigenvalue weighted by Crippen LogP contribution is -2.10. The zero-order valence-corrected chi connectivity index (χ0v) is 13.0. The maximum absolute atomic E-state index is 14.1. The fraction of sp³-hybridized carbons (Fsp3) is 0.278. The maximum Gasteiger partial charge on any atom is 0.196 e. The second-order valence-electron chi connectivity index (χ2n) is 5.31. The summed E-state index contributed by atoms with van der Waals surface area (Å²) in [5.74, 6) is -0.438. The number of methoxy groups -OCH3 is 1. The van der Waals surface area contributed by atoms with Gasteiger partial charge in [0.15, 0.2) is 5.78 Å². The minimum absolute atomic E-state index is 0.0759. The van der Waals surface area contributed by atoms with Crippen molar-refractivity contribution < 1.29 is 13.9 Å². The highest BCUT2D eigenvalue weighted by molar-refractivity contribution is 6.11. The third-order valence-electron chi connectivity index (χ3n) is 4.01. The summed E-state index contributed by atoms with van der Waals surface area (Å²) >= 11 is 0. The Hall–Kier alpha value is -2.16. The normalized spacial score (nSPS) is 10.6. The van der Waals surface area contributed by atoms with E-state index in [9.17, 15) is 9.18 Å². The van der Waals surface area contributed by atoms with Crippen LogP contribution in [0.5, 0.6) is 5.75 Å². The summed E-state index contributed by atoms with van der Waals surface area (Å²) < 4.78 is 19.1. The summed E-state index contributed by atoms with van der Waals surface area (Å²) in [7, 11) is 1.47. The second-order valence-corrected chi connectivity index (χ2v) is 5.31. The van der Waals surface area contributed by atoms with Gasteiger partial charge in [0.25, 0.3) is 0 Å². The summed E-state index contributed by atoms with van der Waals surface area (Å²) in [6.07, 6.45) is 0. The Morgan fingerprint density at radius 3 is 2.05 bits per heavy atom. The van der Waals surface area contributed by atoms with Gasteiger partial charge in [0.1, 0.15) is 11.6 Å². The van der Waals surface area contributed by atoms with Crippen LogP contribution in [0.25, 0.3) is 0 Å². The number of hydrogen-bond donors (Lipinski definition) is 0. The van der Waals surface area contributed by atoms with Crippen molar-refractivity contribution in [1.82, 2.24) is 0 Å². The molecular weight excluding hydrogens is 267 g/mol. The average Bonchev–Trinajstić information content (AvgIpc) is 2.45. The summed E-state index contributed by atoms with van der Waals surface area (Å²) in [6, 6.07) is 6.36. The van der Waals surface area contributed by atoms with Gasteiger partial charge in [0, 0.05) is 11.6 Å². The van der Waals surface area contributed by atoms with E-state index >= 15 is 0 Å². The van der Waals surface area contributed by atoms with Gasteiger partial charge in [-0.25, -0.2) is 4.39 Å². The van der Waals surface area contributed by atoms with Gasteiger partial charge in [-0.1, -0.05) is 6.07 Å². The highest BCUT2D eigenvalue weighted by Gasteiger charge is 2.20. The van der Waals surface area contributed by atoms with E-state index in [1.54, 1.807) is 6.07 Å². The van der Waals surface area contributed by atoms with Crippen LogP contribution in [0.4, 0.5) is 4.39 Å². The monoisotopic (exact) mass is 286 g/mol. The van der Waals surface area contributed by atoms with Crippen molar-refractivity contribution in [3.8, 4) is 5.75 Å². The van der Waals surface area contributed by atoms with Crippen molar-refractivity contribution in [3.63, 3.8) is 0 Å². The molecule has 21 heavy (non-hydrogen) atoms. The van der Waals surface area contributed by atoms with Gasteiger partial charge in [-0.3, -0.25) is 4.79 Å². The summed E-state index contributed by atoms with van der Waals surface area (Å²) in [5, 5.41) is 0. The third-order valence-corrected chi connectivity index (χ3v) is 4.01. The van der Waals surface area contributed by atoms with Crippen molar-refractivity contribution >= 4 is 5.78 Å². The van der Waals surface area contributed by atoms with Crippen molar-refractivity contribution in [2.45, 2.75) is 27.7 Å². The fourth-order valence-corrected chi connectivity index (χ4v) is 2.50. The van der Waals surface area contributed by atoms with Crippen LogP contribution in [-0.2, 0) is 0 Å². The zero-order valence-electron chi connectivity index (χ0n) is 13.0. The molecule has 0 heterocycles. The largest absolute Gasteiger partial charge is 0.497 e. The fourth-order valence-electron chi connectivity index (χ4n) is 2.50. The molecule has 0 saturated carbocycles. The van der Waals surface area contributed by atoms with Gasteiger partial charge in [0.05, 0.1) is 12.7 Å². The molecule has 3 heteroatoms. The van der Waals surface area contributed by atoms with Gasteiger partial charge in [-0.05, 0) is 62.1 Å². The first-order valence-corrected chi connectivity index (χ1v) is 6.82. The van der Waals surface area contributed by atoms with Crippen LogP contribution in [0.15, 0.2) is 24.3 Å². The average molecular weight is 286 g/mol. The van der Waals surface area contributed by atoms with Crippen LogP contribution >= 0.6 is 0 Å². The van der Waals surface area contributed by atoms with Gasteiger partial charge in [0.2, 0.25) is 0 Å². The van der Waals surface area contributed by atoms with Gasteiger partial charge in [-0.2, -0.15) is 0 Å². The van der Waals surface area contributed by atoms with Crippen LogP contribution in [0.3, 0.4) is 0 Å². The van der Waals surface area contributed by atoms with Crippen molar-refractivity contribution in [1.29, 1.82) is 0 Å². The summed E-state index contributed by atoms with van der Waals surface area (Å²) in [6.45, 7) is 7.72. The lowest BCUT2D eigenvalue weighted by Gasteiger charge is -2.15. The molecule has 0 bridgehead atoms. The van der Waals surface area contributed by atoms with E-state index < -0.39 is 5.82 Å². The maximum atomic E-state index is 14.1. The molecule has 2 aromatic rings. The Kier molecular flexibility index (Phi) is 4.12. The van der Waals surface area contributed by atoms with Gasteiger partial charge < -0.3 is 4.74 Å². The molecule has 0 aliphatic heterocycles. The predicted octanol–water partition coefficient (Wildman–Crippen LogP) is 4.30. The first-order chi connectivity index (χ1) is 9.86. The van der Waals surface area contributed by atoms with Crippen LogP contribution in [-0.4, -0.2) is 12.9 Å². The molecule has 2 aromatic carbocycles. The molecule has 0 spiro atoms. The number of carbonyl (C=O) groups excluding carboxylic acids is 1. The Balaban J connectivity index is 2.60.